The molecule has 4 N–H and O–H groups in total. The van der Waals surface area contributed by atoms with E-state index in [1.165, 1.54) is 0 Å². The molecule has 1 atom stereocenters. The predicted octanol–water partition coefficient (Wildman–Crippen LogP) is 0.392. The number of hydrogen-bond donors (Lipinski definition) is 3. The summed E-state index contributed by atoms with van der Waals surface area (Å²) in [5.74, 6) is -0.222. The summed E-state index contributed by atoms with van der Waals surface area (Å²) in [4.78, 5) is 23.0. The zero-order chi connectivity index (χ0) is 13.3. The number of amides is 2. The third kappa shape index (κ3) is 7.74. The highest BCUT2D eigenvalue weighted by Gasteiger charge is 2.15. The van der Waals surface area contributed by atoms with Crippen molar-refractivity contribution in [2.24, 2.45) is 11.7 Å². The summed E-state index contributed by atoms with van der Waals surface area (Å²) in [5, 5.41) is 5.51. The second-order valence-electron chi connectivity index (χ2n) is 4.48. The average Bonchev–Trinajstić information content (AvgIpc) is 2.24. The van der Waals surface area contributed by atoms with E-state index in [0.29, 0.717) is 19.5 Å². The molecule has 0 aromatic carbocycles. The lowest BCUT2D eigenvalue weighted by Crippen LogP contribution is -2.38. The summed E-state index contributed by atoms with van der Waals surface area (Å²) in [6.45, 7) is 6.56. The molecular formula is C12H25N3O2. The fourth-order valence-corrected chi connectivity index (χ4v) is 1.54. The summed E-state index contributed by atoms with van der Waals surface area (Å²) >= 11 is 0. The van der Waals surface area contributed by atoms with Gasteiger partial charge in [-0.25, -0.2) is 0 Å². The maximum atomic E-state index is 11.6. The number of carbonyl (C=O) groups is 2. The molecule has 0 aliphatic heterocycles. The molecule has 0 aromatic rings. The minimum Gasteiger partial charge on any atom is -0.355 e. The zero-order valence-electron chi connectivity index (χ0n) is 11.1. The summed E-state index contributed by atoms with van der Waals surface area (Å²) in [6, 6.07) is 0.134. The number of nitrogens with one attached hydrogen (secondary N) is 2. The van der Waals surface area contributed by atoms with E-state index in [4.69, 9.17) is 5.73 Å². The molecule has 0 saturated heterocycles. The third-order valence-corrected chi connectivity index (χ3v) is 2.39. The first kappa shape index (κ1) is 15.9. The molecule has 100 valence electrons. The average molecular weight is 243 g/mol. The maximum Gasteiger partial charge on any atom is 0.224 e. The Bertz CT molecular complexity index is 242. The highest BCUT2D eigenvalue weighted by molar-refractivity contribution is 5.80. The third-order valence-electron chi connectivity index (χ3n) is 2.39. The van der Waals surface area contributed by atoms with Gasteiger partial charge in [0.25, 0.3) is 0 Å². The quantitative estimate of drug-likeness (QED) is 0.576. The van der Waals surface area contributed by atoms with E-state index >= 15 is 0 Å². The fraction of sp³-hybridized carbons (Fsp3) is 0.833. The Labute approximate surface area is 104 Å². The van der Waals surface area contributed by atoms with Gasteiger partial charge in [-0.1, -0.05) is 13.3 Å². The normalized spacial score (nSPS) is 12.3. The van der Waals surface area contributed by atoms with Gasteiger partial charge in [-0.05, 0) is 20.3 Å². The van der Waals surface area contributed by atoms with Crippen molar-refractivity contribution in [3.05, 3.63) is 0 Å². The molecule has 0 rings (SSSR count). The standard InChI is InChI=1S/C12H25N3O2/c1-4-5-10(8-13)12(17)14-7-6-11(16)15-9(2)3/h9-10H,4-8,13H2,1-3H3,(H,14,17)(H,15,16). The van der Waals surface area contributed by atoms with Crippen LogP contribution in [0.5, 0.6) is 0 Å². The van der Waals surface area contributed by atoms with Gasteiger partial charge in [-0.3, -0.25) is 9.59 Å². The van der Waals surface area contributed by atoms with Crippen LogP contribution in [0.4, 0.5) is 0 Å². The van der Waals surface area contributed by atoms with Crippen molar-refractivity contribution in [3.63, 3.8) is 0 Å². The second-order valence-corrected chi connectivity index (χ2v) is 4.48. The number of hydrogen-bond acceptors (Lipinski definition) is 3. The van der Waals surface area contributed by atoms with Gasteiger partial charge in [0.1, 0.15) is 0 Å². The molecule has 0 aromatic heterocycles. The smallest absolute Gasteiger partial charge is 0.224 e. The number of nitrogens with two attached hydrogens (primary N) is 1. The Hall–Kier alpha value is -1.10. The molecule has 1 unspecified atom stereocenters. The van der Waals surface area contributed by atoms with E-state index in [1.807, 2.05) is 20.8 Å². The van der Waals surface area contributed by atoms with Crippen LogP contribution >= 0.6 is 0 Å². The van der Waals surface area contributed by atoms with E-state index in [2.05, 4.69) is 10.6 Å². The van der Waals surface area contributed by atoms with Gasteiger partial charge in [0, 0.05) is 25.6 Å². The molecule has 0 saturated carbocycles. The van der Waals surface area contributed by atoms with Gasteiger partial charge in [-0.15, -0.1) is 0 Å². The van der Waals surface area contributed by atoms with Crippen LogP contribution in [0.1, 0.15) is 40.0 Å². The van der Waals surface area contributed by atoms with Crippen LogP contribution in [0.15, 0.2) is 0 Å². The van der Waals surface area contributed by atoms with Crippen molar-refractivity contribution in [1.29, 1.82) is 0 Å². The minimum absolute atomic E-state index is 0.0416. The first-order valence-electron chi connectivity index (χ1n) is 6.28. The van der Waals surface area contributed by atoms with Crippen LogP contribution in [-0.4, -0.2) is 30.9 Å². The number of carbonyl (C=O) groups excluding carboxylic acids is 2. The van der Waals surface area contributed by atoms with E-state index in [-0.39, 0.29) is 23.8 Å². The van der Waals surface area contributed by atoms with Crippen molar-refractivity contribution < 1.29 is 9.59 Å². The molecule has 0 heterocycles. The molecule has 5 nitrogen and oxygen atoms in total. The Morgan fingerprint density at radius 2 is 1.94 bits per heavy atom. The molecule has 2 amide bonds. The van der Waals surface area contributed by atoms with Crippen LogP contribution in [0.2, 0.25) is 0 Å². The summed E-state index contributed by atoms with van der Waals surface area (Å²) in [7, 11) is 0. The van der Waals surface area contributed by atoms with Crippen LogP contribution < -0.4 is 16.4 Å². The van der Waals surface area contributed by atoms with Crippen LogP contribution in [-0.2, 0) is 9.59 Å². The first-order valence-corrected chi connectivity index (χ1v) is 6.28. The van der Waals surface area contributed by atoms with E-state index in [1.54, 1.807) is 0 Å². The topological polar surface area (TPSA) is 84.2 Å². The molecule has 0 bridgehead atoms. The van der Waals surface area contributed by atoms with Crippen molar-refractivity contribution in [2.75, 3.05) is 13.1 Å². The van der Waals surface area contributed by atoms with Gasteiger partial charge in [0.2, 0.25) is 11.8 Å². The second kappa shape index (κ2) is 8.98. The Morgan fingerprint density at radius 3 is 2.41 bits per heavy atom. The van der Waals surface area contributed by atoms with Gasteiger partial charge in [0.15, 0.2) is 0 Å². The van der Waals surface area contributed by atoms with Crippen molar-refractivity contribution in [2.45, 2.75) is 46.1 Å². The Morgan fingerprint density at radius 1 is 1.29 bits per heavy atom. The van der Waals surface area contributed by atoms with Crippen molar-refractivity contribution >= 4 is 11.8 Å². The van der Waals surface area contributed by atoms with Crippen LogP contribution in [0, 0.1) is 5.92 Å². The SMILES string of the molecule is CCCC(CN)C(=O)NCCC(=O)NC(C)C. The summed E-state index contributed by atoms with van der Waals surface area (Å²) < 4.78 is 0. The predicted molar refractivity (Wildman–Crippen MR) is 68.4 cm³/mol. The van der Waals surface area contributed by atoms with Gasteiger partial charge >= 0.3 is 0 Å². The first-order chi connectivity index (χ1) is 8.01. The van der Waals surface area contributed by atoms with Crippen molar-refractivity contribution in [3.8, 4) is 0 Å². The van der Waals surface area contributed by atoms with Crippen LogP contribution in [0.3, 0.4) is 0 Å². The molecule has 0 spiro atoms. The lowest BCUT2D eigenvalue weighted by atomic mass is 10.0. The maximum absolute atomic E-state index is 11.6. The van der Waals surface area contributed by atoms with Gasteiger partial charge in [-0.2, -0.15) is 0 Å². The molecule has 17 heavy (non-hydrogen) atoms. The van der Waals surface area contributed by atoms with E-state index in [9.17, 15) is 9.59 Å². The monoisotopic (exact) mass is 243 g/mol. The largest absolute Gasteiger partial charge is 0.355 e. The van der Waals surface area contributed by atoms with E-state index in [0.717, 1.165) is 12.8 Å². The Kier molecular flexibility index (Phi) is 8.40. The molecule has 0 aliphatic rings. The number of rotatable bonds is 8. The summed E-state index contributed by atoms with van der Waals surface area (Å²) in [6.07, 6.45) is 2.04. The van der Waals surface area contributed by atoms with E-state index < -0.39 is 0 Å². The molecule has 0 aliphatic carbocycles. The van der Waals surface area contributed by atoms with Crippen LogP contribution in [0.25, 0.3) is 0 Å². The summed E-state index contributed by atoms with van der Waals surface area (Å²) in [5.41, 5.74) is 5.52. The molecular weight excluding hydrogens is 218 g/mol. The lowest BCUT2D eigenvalue weighted by molar-refractivity contribution is -0.125. The van der Waals surface area contributed by atoms with Gasteiger partial charge < -0.3 is 16.4 Å². The van der Waals surface area contributed by atoms with Crippen molar-refractivity contribution in [1.82, 2.24) is 10.6 Å². The zero-order valence-corrected chi connectivity index (χ0v) is 11.1. The molecule has 5 heteroatoms. The Balaban J connectivity index is 3.80. The van der Waals surface area contributed by atoms with Gasteiger partial charge in [0.05, 0.1) is 5.92 Å². The highest BCUT2D eigenvalue weighted by Crippen LogP contribution is 2.03. The highest BCUT2D eigenvalue weighted by atomic mass is 16.2. The fourth-order valence-electron chi connectivity index (χ4n) is 1.54. The molecule has 0 radical (unpaired) electrons. The lowest BCUT2D eigenvalue weighted by Gasteiger charge is -2.14. The molecule has 0 fully saturated rings. The minimum atomic E-state index is -0.131.